The molecule has 156 valence electrons. The summed E-state index contributed by atoms with van der Waals surface area (Å²) in [6, 6.07) is 4.16. The maximum absolute atomic E-state index is 6.04. The van der Waals surface area contributed by atoms with Gasteiger partial charge in [0.2, 0.25) is 0 Å². The van der Waals surface area contributed by atoms with Gasteiger partial charge >= 0.3 is 0 Å². The SMILES string of the molecule is CCCCCCCCOc1cc(CBr)c(OCCCCCCCC)cc1Br. The number of alkyl halides is 1. The third-order valence-corrected chi connectivity index (χ3v) is 5.99. The first-order chi connectivity index (χ1) is 13.2. The molecule has 4 heteroatoms. The average molecular weight is 506 g/mol. The summed E-state index contributed by atoms with van der Waals surface area (Å²) in [6.07, 6.45) is 15.4. The molecule has 1 aromatic rings. The highest BCUT2D eigenvalue weighted by atomic mass is 79.9. The Morgan fingerprint density at radius 1 is 0.667 bits per heavy atom. The van der Waals surface area contributed by atoms with Gasteiger partial charge in [-0.2, -0.15) is 0 Å². The van der Waals surface area contributed by atoms with E-state index in [4.69, 9.17) is 9.47 Å². The average Bonchev–Trinajstić information content (AvgIpc) is 2.67. The minimum absolute atomic E-state index is 0.777. The summed E-state index contributed by atoms with van der Waals surface area (Å²) < 4.78 is 13.0. The number of hydrogen-bond donors (Lipinski definition) is 0. The van der Waals surface area contributed by atoms with E-state index in [2.05, 4.69) is 57.8 Å². The summed E-state index contributed by atoms with van der Waals surface area (Å²) in [6.45, 7) is 6.08. The number of unbranched alkanes of at least 4 members (excludes halogenated alkanes) is 10. The molecule has 0 aliphatic rings. The van der Waals surface area contributed by atoms with Gasteiger partial charge in [-0.3, -0.25) is 0 Å². The van der Waals surface area contributed by atoms with Crippen LogP contribution in [0.15, 0.2) is 16.6 Å². The van der Waals surface area contributed by atoms with E-state index in [0.717, 1.165) is 52.9 Å². The van der Waals surface area contributed by atoms with Crippen LogP contribution in [0.1, 0.15) is 96.5 Å². The summed E-state index contributed by atoms with van der Waals surface area (Å²) in [7, 11) is 0. The van der Waals surface area contributed by atoms with Gasteiger partial charge in [-0.1, -0.05) is 94.0 Å². The lowest BCUT2D eigenvalue weighted by molar-refractivity contribution is 0.293. The minimum atomic E-state index is 0.777. The lowest BCUT2D eigenvalue weighted by Gasteiger charge is -2.14. The summed E-state index contributed by atoms with van der Waals surface area (Å²) >= 11 is 7.23. The van der Waals surface area contributed by atoms with Crippen molar-refractivity contribution in [3.63, 3.8) is 0 Å². The van der Waals surface area contributed by atoms with Gasteiger partial charge in [0.25, 0.3) is 0 Å². The van der Waals surface area contributed by atoms with Gasteiger partial charge in [0, 0.05) is 10.9 Å². The molecule has 0 unspecified atom stereocenters. The fourth-order valence-corrected chi connectivity index (χ4v) is 3.93. The first-order valence-electron chi connectivity index (χ1n) is 10.9. The molecular weight excluding hydrogens is 468 g/mol. The second-order valence-corrected chi connectivity index (χ2v) is 8.67. The lowest BCUT2D eigenvalue weighted by Crippen LogP contribution is -2.02. The molecule has 1 rings (SSSR count). The van der Waals surface area contributed by atoms with Crippen molar-refractivity contribution in [2.45, 2.75) is 96.2 Å². The Bertz CT molecular complexity index is 492. The molecular formula is C23H38Br2O2. The van der Waals surface area contributed by atoms with Crippen LogP contribution in [0.25, 0.3) is 0 Å². The van der Waals surface area contributed by atoms with Crippen LogP contribution in [0.5, 0.6) is 11.5 Å². The molecule has 0 aromatic heterocycles. The Labute approximate surface area is 184 Å². The minimum Gasteiger partial charge on any atom is -0.493 e. The molecule has 0 aliphatic carbocycles. The van der Waals surface area contributed by atoms with E-state index in [-0.39, 0.29) is 0 Å². The van der Waals surface area contributed by atoms with Crippen LogP contribution in [0.4, 0.5) is 0 Å². The summed E-state index contributed by atoms with van der Waals surface area (Å²) in [5.41, 5.74) is 1.15. The summed E-state index contributed by atoms with van der Waals surface area (Å²) in [4.78, 5) is 0. The van der Waals surface area contributed by atoms with Crippen molar-refractivity contribution < 1.29 is 9.47 Å². The van der Waals surface area contributed by atoms with Crippen molar-refractivity contribution in [1.29, 1.82) is 0 Å². The molecule has 0 bridgehead atoms. The lowest BCUT2D eigenvalue weighted by atomic mass is 10.1. The Morgan fingerprint density at radius 3 is 1.67 bits per heavy atom. The highest BCUT2D eigenvalue weighted by molar-refractivity contribution is 9.10. The van der Waals surface area contributed by atoms with Gasteiger partial charge in [0.15, 0.2) is 0 Å². The third kappa shape index (κ3) is 11.4. The van der Waals surface area contributed by atoms with Crippen LogP contribution in [-0.2, 0) is 5.33 Å². The molecule has 0 fully saturated rings. The molecule has 0 radical (unpaired) electrons. The van der Waals surface area contributed by atoms with Crippen LogP contribution in [0.2, 0.25) is 0 Å². The molecule has 0 saturated heterocycles. The largest absolute Gasteiger partial charge is 0.493 e. The fraction of sp³-hybridized carbons (Fsp3) is 0.739. The smallest absolute Gasteiger partial charge is 0.134 e. The van der Waals surface area contributed by atoms with Gasteiger partial charge in [-0.05, 0) is 40.9 Å². The zero-order valence-corrected chi connectivity index (χ0v) is 20.5. The first-order valence-corrected chi connectivity index (χ1v) is 12.8. The number of rotatable bonds is 17. The summed E-state index contributed by atoms with van der Waals surface area (Å²) in [5.74, 6) is 1.88. The van der Waals surface area contributed by atoms with Crippen molar-refractivity contribution in [3.05, 3.63) is 22.2 Å². The monoisotopic (exact) mass is 504 g/mol. The van der Waals surface area contributed by atoms with Crippen molar-refractivity contribution in [3.8, 4) is 11.5 Å². The van der Waals surface area contributed by atoms with Gasteiger partial charge < -0.3 is 9.47 Å². The molecule has 0 aliphatic heterocycles. The van der Waals surface area contributed by atoms with E-state index in [1.165, 1.54) is 64.2 Å². The highest BCUT2D eigenvalue weighted by Gasteiger charge is 2.10. The Kier molecular flexibility index (Phi) is 15.4. The van der Waals surface area contributed by atoms with Crippen molar-refractivity contribution in [2.24, 2.45) is 0 Å². The number of hydrogen-bond acceptors (Lipinski definition) is 2. The van der Waals surface area contributed by atoms with Gasteiger partial charge in [-0.25, -0.2) is 0 Å². The number of halogens is 2. The predicted molar refractivity (Wildman–Crippen MR) is 125 cm³/mol. The zero-order valence-electron chi connectivity index (χ0n) is 17.3. The standard InChI is InChI=1S/C23H38Br2O2/c1-3-5-7-9-11-13-15-26-22-18-21(25)23(17-20(22)19-24)27-16-14-12-10-8-6-4-2/h17-18H,3-16,19H2,1-2H3. The van der Waals surface area contributed by atoms with Crippen molar-refractivity contribution in [1.82, 2.24) is 0 Å². The summed E-state index contributed by atoms with van der Waals surface area (Å²) in [5, 5.41) is 0.777. The molecule has 27 heavy (non-hydrogen) atoms. The molecule has 2 nitrogen and oxygen atoms in total. The van der Waals surface area contributed by atoms with E-state index in [9.17, 15) is 0 Å². The Morgan fingerprint density at radius 2 is 1.15 bits per heavy atom. The topological polar surface area (TPSA) is 18.5 Å². The molecule has 0 saturated carbocycles. The molecule has 1 aromatic carbocycles. The van der Waals surface area contributed by atoms with Crippen LogP contribution < -0.4 is 9.47 Å². The zero-order chi connectivity index (χ0) is 19.7. The molecule has 0 atom stereocenters. The van der Waals surface area contributed by atoms with Crippen LogP contribution >= 0.6 is 31.9 Å². The first kappa shape index (κ1) is 24.8. The van der Waals surface area contributed by atoms with Crippen molar-refractivity contribution >= 4 is 31.9 Å². The van der Waals surface area contributed by atoms with Crippen LogP contribution in [-0.4, -0.2) is 13.2 Å². The predicted octanol–water partition coefficient (Wildman–Crippen LogP) is 8.82. The van der Waals surface area contributed by atoms with E-state index < -0.39 is 0 Å². The molecule has 0 N–H and O–H groups in total. The van der Waals surface area contributed by atoms with Crippen molar-refractivity contribution in [2.75, 3.05) is 13.2 Å². The van der Waals surface area contributed by atoms with E-state index in [1.807, 2.05) is 0 Å². The molecule has 0 amide bonds. The van der Waals surface area contributed by atoms with E-state index in [1.54, 1.807) is 0 Å². The Balaban J connectivity index is 2.36. The quantitative estimate of drug-likeness (QED) is 0.155. The van der Waals surface area contributed by atoms with Gasteiger partial charge in [0.05, 0.1) is 17.7 Å². The second kappa shape index (κ2) is 16.7. The highest BCUT2D eigenvalue weighted by Crippen LogP contribution is 2.34. The molecule has 0 heterocycles. The van der Waals surface area contributed by atoms with E-state index in [0.29, 0.717) is 0 Å². The van der Waals surface area contributed by atoms with E-state index >= 15 is 0 Å². The van der Waals surface area contributed by atoms with Gasteiger partial charge in [-0.15, -0.1) is 0 Å². The second-order valence-electron chi connectivity index (χ2n) is 7.26. The Hall–Kier alpha value is -0.220. The maximum Gasteiger partial charge on any atom is 0.134 e. The number of benzene rings is 1. The normalized spacial score (nSPS) is 11.0. The molecule has 0 spiro atoms. The third-order valence-electron chi connectivity index (χ3n) is 4.77. The van der Waals surface area contributed by atoms with Crippen LogP contribution in [0, 0.1) is 0 Å². The number of ether oxygens (including phenoxy) is 2. The fourth-order valence-electron chi connectivity index (χ4n) is 3.06. The van der Waals surface area contributed by atoms with Gasteiger partial charge in [0.1, 0.15) is 11.5 Å². The maximum atomic E-state index is 6.04. The van der Waals surface area contributed by atoms with Crippen LogP contribution in [0.3, 0.4) is 0 Å².